The lowest BCUT2D eigenvalue weighted by Gasteiger charge is -2.14. The monoisotopic (exact) mass is 542 g/mol. The third kappa shape index (κ3) is 7.42. The van der Waals surface area contributed by atoms with Crippen LogP contribution in [0.3, 0.4) is 0 Å². The fourth-order valence-corrected chi connectivity index (χ4v) is 4.80. The highest BCUT2D eigenvalue weighted by Crippen LogP contribution is 2.23. The molecule has 2 heterocycles. The van der Waals surface area contributed by atoms with E-state index >= 15 is 0 Å². The summed E-state index contributed by atoms with van der Waals surface area (Å²) >= 11 is 7.82. The van der Waals surface area contributed by atoms with E-state index in [0.29, 0.717) is 18.2 Å². The molecule has 0 aliphatic carbocycles. The van der Waals surface area contributed by atoms with Gasteiger partial charge in [-0.25, -0.2) is 4.68 Å². The number of halogens is 1. The van der Waals surface area contributed by atoms with E-state index in [1.165, 1.54) is 11.8 Å². The molecule has 0 saturated carbocycles. The van der Waals surface area contributed by atoms with Gasteiger partial charge in [-0.05, 0) is 60.4 Å². The summed E-state index contributed by atoms with van der Waals surface area (Å²) in [5.41, 5.74) is 9.12. The van der Waals surface area contributed by atoms with E-state index in [0.717, 1.165) is 50.8 Å². The largest absolute Gasteiger partial charge is 0.366 e. The Bertz CT molecular complexity index is 1430. The molecule has 3 aromatic rings. The zero-order valence-electron chi connectivity index (χ0n) is 21.6. The number of hydrogen-bond donors (Lipinski definition) is 2. The molecule has 1 aliphatic heterocycles. The van der Waals surface area contributed by atoms with Crippen molar-refractivity contribution in [3.63, 3.8) is 0 Å². The lowest BCUT2D eigenvalue weighted by atomic mass is 10.1. The van der Waals surface area contributed by atoms with E-state index in [4.69, 9.17) is 11.6 Å². The predicted molar refractivity (Wildman–Crippen MR) is 160 cm³/mol. The van der Waals surface area contributed by atoms with E-state index in [2.05, 4.69) is 34.5 Å². The van der Waals surface area contributed by atoms with Crippen molar-refractivity contribution in [2.24, 2.45) is 0 Å². The number of fused-ring (bicyclic) bond motifs is 1. The summed E-state index contributed by atoms with van der Waals surface area (Å²) in [7, 11) is 0. The van der Waals surface area contributed by atoms with Gasteiger partial charge < -0.3 is 10.6 Å². The van der Waals surface area contributed by atoms with Gasteiger partial charge in [-0.1, -0.05) is 55.5 Å². The minimum absolute atomic E-state index is 0.0366. The Morgan fingerprint density at radius 3 is 2.82 bits per heavy atom. The number of alkyl halides is 1. The first kappa shape index (κ1) is 27.3. The van der Waals surface area contributed by atoms with Gasteiger partial charge in [-0.3, -0.25) is 4.79 Å². The van der Waals surface area contributed by atoms with Gasteiger partial charge in [0.1, 0.15) is 5.82 Å². The van der Waals surface area contributed by atoms with Gasteiger partial charge in [-0.15, -0.1) is 29.1 Å². The number of nitrogens with zero attached hydrogens (tertiary/aromatic N) is 2. The molecular weight excluding hydrogens is 512 g/mol. The van der Waals surface area contributed by atoms with Crippen molar-refractivity contribution in [2.45, 2.75) is 31.7 Å². The molecule has 1 amide bonds. The molecule has 1 aromatic heterocycles. The second-order valence-corrected chi connectivity index (χ2v) is 10.0. The zero-order valence-corrected chi connectivity index (χ0v) is 23.1. The normalized spacial score (nSPS) is 13.1. The third-order valence-corrected chi connectivity index (χ3v) is 7.13. The van der Waals surface area contributed by atoms with Crippen LogP contribution in [0, 0.1) is 6.92 Å². The number of benzene rings is 2. The maximum atomic E-state index is 12.5. The van der Waals surface area contributed by atoms with Crippen LogP contribution < -0.4 is 10.6 Å². The minimum atomic E-state index is -0.0366. The molecule has 0 bridgehead atoms. The maximum Gasteiger partial charge on any atom is 0.234 e. The number of allylic oxidation sites excluding steroid dienone is 6. The third-order valence-electron chi connectivity index (χ3n) is 5.83. The van der Waals surface area contributed by atoms with E-state index in [1.54, 1.807) is 0 Å². The smallest absolute Gasteiger partial charge is 0.234 e. The maximum absolute atomic E-state index is 12.5. The molecular formula is C31H31ClN4OS. The molecule has 0 unspecified atom stereocenters. The van der Waals surface area contributed by atoms with Crippen LogP contribution >= 0.6 is 23.4 Å². The van der Waals surface area contributed by atoms with E-state index in [9.17, 15) is 4.79 Å². The van der Waals surface area contributed by atoms with Crippen LogP contribution in [0.5, 0.6) is 0 Å². The summed E-state index contributed by atoms with van der Waals surface area (Å²) in [6.45, 7) is 4.68. The van der Waals surface area contributed by atoms with Crippen LogP contribution in [0.4, 0.5) is 5.69 Å². The Balaban J connectivity index is 1.47. The lowest BCUT2D eigenvalue weighted by Crippen LogP contribution is -2.19. The van der Waals surface area contributed by atoms with Crippen molar-refractivity contribution >= 4 is 46.9 Å². The van der Waals surface area contributed by atoms with Crippen molar-refractivity contribution in [3.05, 3.63) is 119 Å². The van der Waals surface area contributed by atoms with Gasteiger partial charge >= 0.3 is 0 Å². The van der Waals surface area contributed by atoms with E-state index < -0.39 is 0 Å². The Morgan fingerprint density at radius 1 is 1.18 bits per heavy atom. The average Bonchev–Trinajstić information content (AvgIpc) is 3.20. The summed E-state index contributed by atoms with van der Waals surface area (Å²) in [4.78, 5) is 13.6. The number of carbonyl (C=O) groups is 1. The number of hydrogen-bond acceptors (Lipinski definition) is 4. The molecule has 38 heavy (non-hydrogen) atoms. The molecule has 7 heteroatoms. The van der Waals surface area contributed by atoms with Gasteiger partial charge in [0.2, 0.25) is 5.91 Å². The number of carbonyl (C=O) groups excluding carboxylic acids is 1. The van der Waals surface area contributed by atoms with E-state index in [-0.39, 0.29) is 5.91 Å². The SMILES string of the molecule is CC/C=C\C=C(/CCl)C1=C=Cc2c(C)cnn2C(NCc2cccc(NC(=O)CSc3ccccc3)c2)=C1. The van der Waals surface area contributed by atoms with Crippen molar-refractivity contribution in [2.75, 3.05) is 16.9 Å². The highest BCUT2D eigenvalue weighted by molar-refractivity contribution is 8.00. The molecule has 0 fully saturated rings. The van der Waals surface area contributed by atoms with Gasteiger partial charge in [0.15, 0.2) is 0 Å². The summed E-state index contributed by atoms with van der Waals surface area (Å²) < 4.78 is 1.88. The second kappa shape index (κ2) is 13.7. The van der Waals surface area contributed by atoms with Crippen molar-refractivity contribution < 1.29 is 4.79 Å². The molecule has 0 radical (unpaired) electrons. The van der Waals surface area contributed by atoms with Gasteiger partial charge in [0.25, 0.3) is 0 Å². The Kier molecular flexibility index (Phi) is 9.88. The first-order chi connectivity index (χ1) is 18.6. The highest BCUT2D eigenvalue weighted by atomic mass is 35.5. The minimum Gasteiger partial charge on any atom is -0.366 e. The number of aromatic nitrogens is 2. The van der Waals surface area contributed by atoms with Crippen molar-refractivity contribution in [1.82, 2.24) is 15.1 Å². The van der Waals surface area contributed by atoms with Crippen LogP contribution in [0.2, 0.25) is 0 Å². The fraction of sp³-hybridized carbons (Fsp3) is 0.194. The number of anilines is 1. The van der Waals surface area contributed by atoms with Crippen LogP contribution in [-0.2, 0) is 11.3 Å². The number of thioether (sulfide) groups is 1. The molecule has 5 nitrogen and oxygen atoms in total. The van der Waals surface area contributed by atoms with Crippen molar-refractivity contribution in [3.8, 4) is 0 Å². The van der Waals surface area contributed by atoms with Crippen LogP contribution in [0.25, 0.3) is 11.9 Å². The number of amides is 1. The topological polar surface area (TPSA) is 59.0 Å². The molecule has 2 N–H and O–H groups in total. The van der Waals surface area contributed by atoms with Gasteiger partial charge in [0, 0.05) is 34.7 Å². The number of aryl methyl sites for hydroxylation is 1. The average molecular weight is 543 g/mol. The lowest BCUT2D eigenvalue weighted by molar-refractivity contribution is -0.113. The Labute approximate surface area is 233 Å². The van der Waals surface area contributed by atoms with Gasteiger partial charge in [0.05, 0.1) is 17.6 Å². The Hall–Kier alpha value is -3.70. The zero-order chi connectivity index (χ0) is 26.7. The van der Waals surface area contributed by atoms with Crippen LogP contribution in [0.1, 0.15) is 30.2 Å². The predicted octanol–water partition coefficient (Wildman–Crippen LogP) is 7.19. The molecule has 0 spiro atoms. The fourth-order valence-electron chi connectivity index (χ4n) is 3.84. The molecule has 0 saturated heterocycles. The van der Waals surface area contributed by atoms with Crippen molar-refractivity contribution in [1.29, 1.82) is 0 Å². The van der Waals surface area contributed by atoms with Crippen LogP contribution in [0.15, 0.2) is 107 Å². The quantitative estimate of drug-likeness (QED) is 0.116. The first-order valence-corrected chi connectivity index (χ1v) is 14.1. The van der Waals surface area contributed by atoms with Crippen LogP contribution in [-0.4, -0.2) is 27.3 Å². The summed E-state index contributed by atoms with van der Waals surface area (Å²) in [6, 6.07) is 17.8. The molecule has 194 valence electrons. The van der Waals surface area contributed by atoms with E-state index in [1.807, 2.05) is 96.7 Å². The highest BCUT2D eigenvalue weighted by Gasteiger charge is 2.14. The molecule has 2 aromatic carbocycles. The summed E-state index contributed by atoms with van der Waals surface area (Å²) in [5.74, 6) is 1.52. The standard InChI is InChI=1S/C31H31ClN4OS/c1-3-4-6-11-26(19-32)25-15-16-29-23(2)20-34-36(29)30(18-25)33-21-24-10-9-12-27(17-24)35-31(37)22-38-28-13-7-5-8-14-28/h4-14,16-18,20,33H,3,19,21-22H2,1-2H3,(H,35,37)/b6-4-,26-11+. The second-order valence-electron chi connectivity index (χ2n) is 8.72. The molecule has 4 rings (SSSR count). The summed E-state index contributed by atoms with van der Waals surface area (Å²) in [6.07, 6.45) is 12.9. The molecule has 1 aliphatic rings. The summed E-state index contributed by atoms with van der Waals surface area (Å²) in [5, 5.41) is 11.1. The number of rotatable bonds is 11. The Morgan fingerprint density at radius 2 is 2.03 bits per heavy atom. The first-order valence-electron chi connectivity index (χ1n) is 12.5. The number of nitrogens with one attached hydrogen (secondary N) is 2. The molecule has 0 atom stereocenters. The van der Waals surface area contributed by atoms with Gasteiger partial charge in [-0.2, -0.15) is 5.10 Å².